The number of methoxy groups -OCH3 is 1. The molecule has 2 aromatic carbocycles. The maximum atomic E-state index is 13.7. The zero-order valence-electron chi connectivity index (χ0n) is 19.2. The van der Waals surface area contributed by atoms with E-state index in [4.69, 9.17) is 4.74 Å². The van der Waals surface area contributed by atoms with Crippen molar-refractivity contribution in [3.05, 3.63) is 71.8 Å². The van der Waals surface area contributed by atoms with E-state index < -0.39 is 43.9 Å². The standard InChI is InChI=1S/C24H21F4N3O4S/c1-30(21-14-29-7-6-19(21)20-5-4-17(25)13-22(20)35-2)23(32)15-10-16(24(26,27)28)12-18(11-15)36(33,34)31-8-3-9-31/h4-7,10-14H,3,8-9H2,1-2H3. The van der Waals surface area contributed by atoms with Gasteiger partial charge in [0, 0.05) is 49.1 Å². The predicted molar refractivity (Wildman–Crippen MR) is 124 cm³/mol. The molecule has 1 amide bonds. The molecule has 0 bridgehead atoms. The molecule has 36 heavy (non-hydrogen) atoms. The van der Waals surface area contributed by atoms with E-state index in [-0.39, 0.29) is 24.5 Å². The van der Waals surface area contributed by atoms with Crippen LogP contribution in [0.15, 0.2) is 59.8 Å². The Hall–Kier alpha value is -3.51. The maximum absolute atomic E-state index is 13.7. The van der Waals surface area contributed by atoms with Gasteiger partial charge in [0.15, 0.2) is 0 Å². The minimum Gasteiger partial charge on any atom is -0.496 e. The molecule has 0 spiro atoms. The van der Waals surface area contributed by atoms with E-state index in [2.05, 4.69) is 4.98 Å². The molecule has 1 aromatic heterocycles. The average molecular weight is 524 g/mol. The smallest absolute Gasteiger partial charge is 0.416 e. The number of halogens is 4. The van der Waals surface area contributed by atoms with Crippen LogP contribution in [-0.2, 0) is 16.2 Å². The summed E-state index contributed by atoms with van der Waals surface area (Å²) in [5, 5.41) is 0. The van der Waals surface area contributed by atoms with E-state index in [0.29, 0.717) is 29.7 Å². The summed E-state index contributed by atoms with van der Waals surface area (Å²) >= 11 is 0. The first-order valence-corrected chi connectivity index (χ1v) is 12.2. The van der Waals surface area contributed by atoms with Crippen LogP contribution in [0, 0.1) is 5.82 Å². The molecule has 0 radical (unpaired) electrons. The summed E-state index contributed by atoms with van der Waals surface area (Å²) in [6.45, 7) is 0.390. The third-order valence-electron chi connectivity index (χ3n) is 5.85. The largest absolute Gasteiger partial charge is 0.496 e. The number of pyridine rings is 1. The van der Waals surface area contributed by atoms with E-state index in [1.807, 2.05) is 0 Å². The van der Waals surface area contributed by atoms with Crippen molar-refractivity contribution in [3.63, 3.8) is 0 Å². The van der Waals surface area contributed by atoms with Crippen molar-refractivity contribution in [2.45, 2.75) is 17.5 Å². The lowest BCUT2D eigenvalue weighted by molar-refractivity contribution is -0.137. The summed E-state index contributed by atoms with van der Waals surface area (Å²) in [6, 6.07) is 7.42. The summed E-state index contributed by atoms with van der Waals surface area (Å²) in [4.78, 5) is 17.8. The number of nitrogens with zero attached hydrogens (tertiary/aromatic N) is 3. The van der Waals surface area contributed by atoms with Gasteiger partial charge in [-0.05, 0) is 42.8 Å². The quantitative estimate of drug-likeness (QED) is 0.442. The van der Waals surface area contributed by atoms with Gasteiger partial charge in [0.25, 0.3) is 5.91 Å². The van der Waals surface area contributed by atoms with Crippen LogP contribution < -0.4 is 9.64 Å². The predicted octanol–water partition coefficient (Wildman–Crippen LogP) is 4.59. The third kappa shape index (κ3) is 4.78. The first-order chi connectivity index (χ1) is 16.9. The lowest BCUT2D eigenvalue weighted by Crippen LogP contribution is -2.42. The van der Waals surface area contributed by atoms with Gasteiger partial charge < -0.3 is 9.64 Å². The average Bonchev–Trinajstić information content (AvgIpc) is 2.80. The van der Waals surface area contributed by atoms with Crippen molar-refractivity contribution < 1.29 is 35.5 Å². The highest BCUT2D eigenvalue weighted by Crippen LogP contribution is 2.38. The summed E-state index contributed by atoms with van der Waals surface area (Å²) < 4.78 is 86.6. The molecule has 0 unspecified atom stereocenters. The molecular weight excluding hydrogens is 502 g/mol. The van der Waals surface area contributed by atoms with Crippen LogP contribution in [0.4, 0.5) is 23.2 Å². The van der Waals surface area contributed by atoms with E-state index in [1.165, 1.54) is 38.7 Å². The van der Waals surface area contributed by atoms with Crippen LogP contribution in [0.25, 0.3) is 11.1 Å². The van der Waals surface area contributed by atoms with Gasteiger partial charge >= 0.3 is 6.18 Å². The number of hydrogen-bond acceptors (Lipinski definition) is 5. The molecule has 0 saturated carbocycles. The second-order valence-electron chi connectivity index (χ2n) is 8.10. The van der Waals surface area contributed by atoms with Gasteiger partial charge in [-0.1, -0.05) is 0 Å². The maximum Gasteiger partial charge on any atom is 0.416 e. The zero-order chi connectivity index (χ0) is 26.3. The number of ether oxygens (including phenoxy) is 1. The number of aromatic nitrogens is 1. The highest BCUT2D eigenvalue weighted by atomic mass is 32.2. The van der Waals surface area contributed by atoms with E-state index in [1.54, 1.807) is 6.07 Å². The number of hydrogen-bond donors (Lipinski definition) is 0. The number of carbonyl (C=O) groups is 1. The fourth-order valence-corrected chi connectivity index (χ4v) is 5.37. The minimum atomic E-state index is -4.88. The fourth-order valence-electron chi connectivity index (χ4n) is 3.78. The van der Waals surface area contributed by atoms with Crippen LogP contribution in [0.1, 0.15) is 22.3 Å². The summed E-state index contributed by atoms with van der Waals surface area (Å²) in [6.07, 6.45) is -1.53. The number of anilines is 1. The van der Waals surface area contributed by atoms with Crippen molar-refractivity contribution in [1.29, 1.82) is 0 Å². The van der Waals surface area contributed by atoms with Crippen molar-refractivity contribution in [2.24, 2.45) is 0 Å². The lowest BCUT2D eigenvalue weighted by atomic mass is 10.0. The van der Waals surface area contributed by atoms with Crippen LogP contribution in [-0.4, -0.2) is 50.9 Å². The van der Waals surface area contributed by atoms with Crippen LogP contribution in [0.5, 0.6) is 5.75 Å². The highest BCUT2D eigenvalue weighted by molar-refractivity contribution is 7.89. The van der Waals surface area contributed by atoms with Gasteiger partial charge in [0.2, 0.25) is 10.0 Å². The SMILES string of the molecule is COc1cc(F)ccc1-c1ccncc1N(C)C(=O)c1cc(C(F)(F)F)cc(S(=O)(=O)N2CCC2)c1. The van der Waals surface area contributed by atoms with Gasteiger partial charge in [-0.15, -0.1) is 0 Å². The van der Waals surface area contributed by atoms with Crippen LogP contribution in [0.3, 0.4) is 0 Å². The monoisotopic (exact) mass is 523 g/mol. The molecule has 1 fully saturated rings. The van der Waals surface area contributed by atoms with E-state index in [9.17, 15) is 30.8 Å². The summed E-state index contributed by atoms with van der Waals surface area (Å²) in [7, 11) is -1.53. The molecule has 1 aliphatic rings. The highest BCUT2D eigenvalue weighted by Gasteiger charge is 2.36. The minimum absolute atomic E-state index is 0.172. The van der Waals surface area contributed by atoms with Gasteiger partial charge in [0.05, 0.1) is 29.5 Å². The van der Waals surface area contributed by atoms with Gasteiger partial charge in [0.1, 0.15) is 11.6 Å². The number of carbonyl (C=O) groups excluding carboxylic acids is 1. The molecule has 0 atom stereocenters. The molecule has 190 valence electrons. The Morgan fingerprint density at radius 1 is 1.08 bits per heavy atom. The molecule has 4 rings (SSSR count). The Balaban J connectivity index is 1.80. The van der Waals surface area contributed by atoms with E-state index >= 15 is 0 Å². The number of rotatable bonds is 6. The normalized spacial score (nSPS) is 14.3. The number of benzene rings is 2. The number of amides is 1. The summed E-state index contributed by atoms with van der Waals surface area (Å²) in [5.74, 6) is -1.27. The molecule has 7 nitrogen and oxygen atoms in total. The summed E-state index contributed by atoms with van der Waals surface area (Å²) in [5.41, 5.74) is -0.712. The molecule has 0 aliphatic carbocycles. The van der Waals surface area contributed by atoms with Gasteiger partial charge in [-0.2, -0.15) is 17.5 Å². The molecule has 0 N–H and O–H groups in total. The first-order valence-electron chi connectivity index (χ1n) is 10.7. The molecular formula is C24H21F4N3O4S. The molecule has 12 heteroatoms. The second-order valence-corrected chi connectivity index (χ2v) is 10.0. The molecule has 2 heterocycles. The van der Waals surface area contributed by atoms with Gasteiger partial charge in [-0.25, -0.2) is 12.8 Å². The third-order valence-corrected chi connectivity index (χ3v) is 7.73. The molecule has 1 saturated heterocycles. The molecule has 1 aliphatic heterocycles. The van der Waals surface area contributed by atoms with Crippen LogP contribution in [0.2, 0.25) is 0 Å². The number of alkyl halides is 3. The zero-order valence-corrected chi connectivity index (χ0v) is 20.0. The van der Waals surface area contributed by atoms with Crippen LogP contribution >= 0.6 is 0 Å². The van der Waals surface area contributed by atoms with Crippen molar-refractivity contribution >= 4 is 21.6 Å². The Morgan fingerprint density at radius 2 is 1.81 bits per heavy atom. The Kier molecular flexibility index (Phi) is 6.76. The van der Waals surface area contributed by atoms with Crippen molar-refractivity contribution in [1.82, 2.24) is 9.29 Å². The van der Waals surface area contributed by atoms with E-state index in [0.717, 1.165) is 21.3 Å². The fraction of sp³-hybridized carbons (Fsp3) is 0.250. The second kappa shape index (κ2) is 9.51. The lowest BCUT2D eigenvalue weighted by Gasteiger charge is -2.30. The Morgan fingerprint density at radius 3 is 2.42 bits per heavy atom. The Bertz CT molecular complexity index is 1420. The Labute approximate surface area is 205 Å². The molecule has 3 aromatic rings. The topological polar surface area (TPSA) is 79.8 Å². The number of sulfonamides is 1. The van der Waals surface area contributed by atoms with Crippen molar-refractivity contribution in [3.8, 4) is 16.9 Å². The van der Waals surface area contributed by atoms with Crippen molar-refractivity contribution in [2.75, 3.05) is 32.1 Å². The first kappa shape index (κ1) is 25.6. The van der Waals surface area contributed by atoms with Gasteiger partial charge in [-0.3, -0.25) is 9.78 Å².